The van der Waals surface area contributed by atoms with Crippen molar-refractivity contribution >= 4 is 46.5 Å². The van der Waals surface area contributed by atoms with Gasteiger partial charge in [0, 0.05) is 120 Å². The number of carbonyl (C=O) groups excluding carboxylic acids is 2. The van der Waals surface area contributed by atoms with Crippen LogP contribution in [0.1, 0.15) is 138 Å². The first-order chi connectivity index (χ1) is 43.0. The van der Waals surface area contributed by atoms with Gasteiger partial charge in [0.15, 0.2) is 5.78 Å². The molecule has 0 aliphatic heterocycles. The van der Waals surface area contributed by atoms with E-state index in [1.165, 1.54) is 66.7 Å². The topological polar surface area (TPSA) is 270 Å². The summed E-state index contributed by atoms with van der Waals surface area (Å²) in [5.74, 6) is 1.14. The smallest absolute Gasteiger partial charge is 0.338 e. The number of hydrogen-bond acceptors (Lipinski definition) is 20. The van der Waals surface area contributed by atoms with Crippen molar-refractivity contribution in [3.05, 3.63) is 230 Å². The molecule has 8 aromatic rings. The van der Waals surface area contributed by atoms with E-state index in [2.05, 4.69) is 100 Å². The SMILES string of the molecule is COOCC1Cc2cnccc2C1=O.COOCCCc1cnccc1C(=O)OC.NC1CCc2cnccc21.OC1CCc2cnccc21.OCc1cnccc1Br.PNC1CCc2cnc(Oc3ccccc3)cc21.PNC1CCc2cnccc21. The summed E-state index contributed by atoms with van der Waals surface area (Å²) < 4.78 is 11.3. The van der Waals surface area contributed by atoms with E-state index in [0.29, 0.717) is 49.6 Å². The molecular weight excluding hydrogens is 1220 g/mol. The monoisotopic (exact) mass is 1300 g/mol. The van der Waals surface area contributed by atoms with Crippen molar-refractivity contribution in [2.75, 3.05) is 34.5 Å². The lowest BCUT2D eigenvalue weighted by Crippen LogP contribution is -2.15. The maximum Gasteiger partial charge on any atom is 0.338 e. The van der Waals surface area contributed by atoms with Crippen LogP contribution >= 0.6 is 34.7 Å². The number of aryl methyl sites for hydroxylation is 5. The fraction of sp³-hybridized carbons (Fsp3) is 0.338. The van der Waals surface area contributed by atoms with Gasteiger partial charge in [-0.1, -0.05) is 52.9 Å². The van der Waals surface area contributed by atoms with Crippen LogP contribution in [0.3, 0.4) is 0 Å². The van der Waals surface area contributed by atoms with Gasteiger partial charge >= 0.3 is 5.97 Å². The van der Waals surface area contributed by atoms with E-state index in [1.54, 1.807) is 61.6 Å². The summed E-state index contributed by atoms with van der Waals surface area (Å²) >= 11 is 3.26. The molecule has 0 saturated carbocycles. The molecule has 7 aromatic heterocycles. The molecule has 0 bridgehead atoms. The summed E-state index contributed by atoms with van der Waals surface area (Å²) in [6.07, 6.45) is 33.5. The van der Waals surface area contributed by atoms with Gasteiger partial charge in [-0.2, -0.15) is 0 Å². The van der Waals surface area contributed by atoms with Crippen molar-refractivity contribution in [1.29, 1.82) is 0 Å². The molecular formula is C65H77BrN10O10P2. The fourth-order valence-electron chi connectivity index (χ4n) is 10.4. The van der Waals surface area contributed by atoms with Crippen molar-refractivity contribution in [1.82, 2.24) is 45.1 Å². The van der Waals surface area contributed by atoms with Gasteiger partial charge in [0.25, 0.3) is 0 Å². The zero-order valence-electron chi connectivity index (χ0n) is 49.6. The number of para-hydroxylation sites is 1. The second kappa shape index (κ2) is 37.2. The van der Waals surface area contributed by atoms with E-state index in [-0.39, 0.29) is 36.4 Å². The van der Waals surface area contributed by atoms with Crippen molar-refractivity contribution in [3.8, 4) is 11.6 Å². The molecule has 13 rings (SSSR count). The summed E-state index contributed by atoms with van der Waals surface area (Å²) in [6.45, 7) is 0.824. The van der Waals surface area contributed by atoms with Gasteiger partial charge in [-0.15, -0.1) is 0 Å². The Bertz CT molecular complexity index is 3380. The van der Waals surface area contributed by atoms with Crippen LogP contribution < -0.4 is 20.6 Å². The van der Waals surface area contributed by atoms with E-state index in [9.17, 15) is 14.7 Å². The average molecular weight is 1300 g/mol. The minimum Gasteiger partial charge on any atom is -0.465 e. The lowest BCUT2D eigenvalue weighted by molar-refractivity contribution is -0.276. The van der Waals surface area contributed by atoms with Crippen molar-refractivity contribution in [3.63, 3.8) is 0 Å². The Hall–Kier alpha value is -6.81. The number of benzene rings is 1. The first kappa shape index (κ1) is 68.7. The van der Waals surface area contributed by atoms with Gasteiger partial charge in [0.2, 0.25) is 5.88 Å². The molecule has 0 spiro atoms. The van der Waals surface area contributed by atoms with E-state index in [1.807, 2.05) is 85.7 Å². The van der Waals surface area contributed by atoms with Crippen LogP contribution in [0.15, 0.2) is 158 Å². The molecule has 20 nitrogen and oxygen atoms in total. The van der Waals surface area contributed by atoms with E-state index in [0.717, 1.165) is 89.4 Å². The third-order valence-corrected chi connectivity index (χ3v) is 16.6. The first-order valence-electron chi connectivity index (χ1n) is 28.8. The quantitative estimate of drug-likeness (QED) is 0.0223. The van der Waals surface area contributed by atoms with Gasteiger partial charge in [0.1, 0.15) is 5.75 Å². The van der Waals surface area contributed by atoms with Crippen molar-refractivity contribution in [2.45, 2.75) is 101 Å². The number of fused-ring (bicyclic) bond motifs is 5. The van der Waals surface area contributed by atoms with Crippen LogP contribution in [0.25, 0.3) is 0 Å². The Kier molecular flexibility index (Phi) is 29.1. The molecule has 7 unspecified atom stereocenters. The van der Waals surface area contributed by atoms with Gasteiger partial charge in [-0.3, -0.25) is 44.9 Å². The molecule has 0 fully saturated rings. The number of esters is 1. The molecule has 6 N–H and O–H groups in total. The van der Waals surface area contributed by atoms with Crippen molar-refractivity contribution < 1.29 is 48.8 Å². The normalized spacial score (nSPS) is 17.4. The maximum absolute atomic E-state index is 11.7. The number of ether oxygens (including phenoxy) is 2. The molecule has 1 aromatic carbocycles. The van der Waals surface area contributed by atoms with Gasteiger partial charge in [-0.25, -0.2) is 29.3 Å². The van der Waals surface area contributed by atoms with Gasteiger partial charge < -0.3 is 25.4 Å². The number of ketones is 1. The fourth-order valence-corrected chi connectivity index (χ4v) is 11.4. The summed E-state index contributed by atoms with van der Waals surface area (Å²) in [5.41, 5.74) is 20.1. The van der Waals surface area contributed by atoms with E-state index >= 15 is 0 Å². The number of methoxy groups -OCH3 is 1. The van der Waals surface area contributed by atoms with Crippen LogP contribution in [-0.2, 0) is 69.4 Å². The lowest BCUT2D eigenvalue weighted by atomic mass is 10.1. The number of nitrogens with two attached hydrogens (primary N) is 1. The number of aliphatic hydroxyl groups is 2. The number of carbonyl (C=O) groups is 2. The van der Waals surface area contributed by atoms with Crippen molar-refractivity contribution in [2.24, 2.45) is 11.7 Å². The summed E-state index contributed by atoms with van der Waals surface area (Å²) in [6, 6.07) is 24.2. The molecule has 0 amide bonds. The highest BCUT2D eigenvalue weighted by Gasteiger charge is 2.31. The summed E-state index contributed by atoms with van der Waals surface area (Å²) in [4.78, 5) is 69.9. The third-order valence-electron chi connectivity index (χ3n) is 15.0. The predicted octanol–water partition coefficient (Wildman–Crippen LogP) is 10.5. The molecule has 7 atom stereocenters. The molecule has 5 aliphatic rings. The molecule has 0 saturated heterocycles. The number of rotatable bonds is 14. The Morgan fingerprint density at radius 2 is 1.20 bits per heavy atom. The number of Topliss-reactive ketones (excluding diaryl/α,β-unsaturated/α-hetero) is 1. The molecule has 464 valence electrons. The number of aliphatic hydroxyl groups excluding tert-OH is 2. The van der Waals surface area contributed by atoms with Gasteiger partial charge in [-0.05, 0) is 175 Å². The van der Waals surface area contributed by atoms with Crippen LogP contribution in [0, 0.1) is 5.92 Å². The Labute approximate surface area is 527 Å². The Morgan fingerprint density at radius 1 is 0.648 bits per heavy atom. The molecule has 5 aliphatic carbocycles. The lowest BCUT2D eigenvalue weighted by Gasteiger charge is -2.11. The number of aromatic nitrogens is 7. The Morgan fingerprint density at radius 3 is 1.82 bits per heavy atom. The number of hydrogen-bond donors (Lipinski definition) is 5. The molecule has 88 heavy (non-hydrogen) atoms. The number of halogens is 1. The van der Waals surface area contributed by atoms with Crippen LogP contribution in [0.4, 0.5) is 0 Å². The highest BCUT2D eigenvalue weighted by molar-refractivity contribution is 9.10. The second-order valence-electron chi connectivity index (χ2n) is 20.6. The van der Waals surface area contributed by atoms with Gasteiger partial charge in [0.05, 0.1) is 58.7 Å². The number of nitrogens with one attached hydrogen (secondary N) is 2. The average Bonchev–Trinajstić information content (AvgIpc) is 4.62. The zero-order chi connectivity index (χ0) is 62.5. The largest absolute Gasteiger partial charge is 0.465 e. The van der Waals surface area contributed by atoms with Crippen LogP contribution in [0.5, 0.6) is 11.6 Å². The van der Waals surface area contributed by atoms with Crippen LogP contribution in [-0.4, -0.2) is 91.4 Å². The third kappa shape index (κ3) is 20.4. The molecule has 23 heteroatoms. The highest BCUT2D eigenvalue weighted by atomic mass is 79.9. The highest BCUT2D eigenvalue weighted by Crippen LogP contribution is 2.35. The van der Waals surface area contributed by atoms with E-state index in [4.69, 9.17) is 25.4 Å². The van der Waals surface area contributed by atoms with Crippen LogP contribution in [0.2, 0.25) is 0 Å². The molecule has 7 heterocycles. The minimum atomic E-state index is -0.343. The molecule has 0 radical (unpaired) electrons. The summed E-state index contributed by atoms with van der Waals surface area (Å²) in [7, 11) is 9.43. The standard InChI is InChI=1S/C14H15N2OP.C11H15NO4.C10H11NO3.C8H11N2P.C8H10N2.C8H9NO.C6H6BrNO/c18-16-13-7-6-10-9-15-14(8-12(10)13)17-11-4-2-1-3-5-11;1-14-11(13)10-5-6-12-8-9(10)4-3-7-16-15-2;1-13-14-6-8-4-7-5-11-3-2-9(7)10(8)12;11-10-8-2-1-6-5-9-4-3-7(6)8;9-8-2-1-6-5-10-4-3-7(6)8;10-8-2-1-6-5-9-4-3-7(6)8;7-6-1-2-8-3-5(6)4-9/h1-5,8-9,13,16H,6-7,18H2;5-6,8H,3-4,7H2,1-2H3;2-3,5,8H,4,6H2,1H3;3-5,8,10H,1-2,11H2;3-5,8H,1-2,9H2;3-5,8,10H,1-2H2;1-3,9H,4H2. The summed E-state index contributed by atoms with van der Waals surface area (Å²) in [5, 5.41) is 24.5. The second-order valence-corrected chi connectivity index (χ2v) is 22.1. The predicted molar refractivity (Wildman–Crippen MR) is 343 cm³/mol. The first-order valence-corrected chi connectivity index (χ1v) is 30.8. The zero-order valence-corrected chi connectivity index (χ0v) is 53.5. The number of pyridine rings is 7. The maximum atomic E-state index is 11.7. The van der Waals surface area contributed by atoms with E-state index < -0.39 is 0 Å². The number of nitrogens with zero attached hydrogens (tertiary/aromatic N) is 7. The Balaban J connectivity index is 0.000000148. The minimum absolute atomic E-state index is 0.0361.